The monoisotopic (exact) mass is 291 g/mol. The van der Waals surface area contributed by atoms with Crippen LogP contribution in [-0.4, -0.2) is 33.9 Å². The lowest BCUT2D eigenvalue weighted by Gasteiger charge is -2.05. The Bertz CT molecular complexity index is 584. The third-order valence-corrected chi connectivity index (χ3v) is 3.38. The highest BCUT2D eigenvalue weighted by molar-refractivity contribution is 7.09. The Morgan fingerprint density at radius 1 is 1.35 bits per heavy atom. The molecule has 0 spiro atoms. The largest absolute Gasteiger partial charge is 0.369 e. The van der Waals surface area contributed by atoms with E-state index in [1.165, 1.54) is 6.20 Å². The van der Waals surface area contributed by atoms with Crippen LogP contribution in [0.25, 0.3) is 0 Å². The van der Waals surface area contributed by atoms with Crippen LogP contribution in [0.3, 0.4) is 0 Å². The van der Waals surface area contributed by atoms with E-state index in [0.717, 1.165) is 23.7 Å². The maximum absolute atomic E-state index is 11.9. The molecule has 20 heavy (non-hydrogen) atoms. The molecule has 0 radical (unpaired) electrons. The van der Waals surface area contributed by atoms with Crippen molar-refractivity contribution >= 4 is 23.1 Å². The predicted molar refractivity (Wildman–Crippen MR) is 79.1 cm³/mol. The van der Waals surface area contributed by atoms with Crippen molar-refractivity contribution in [2.75, 3.05) is 18.4 Å². The summed E-state index contributed by atoms with van der Waals surface area (Å²) in [6.45, 7) is 5.21. The smallest absolute Gasteiger partial charge is 0.271 e. The van der Waals surface area contributed by atoms with E-state index in [1.54, 1.807) is 17.5 Å². The Morgan fingerprint density at radius 2 is 2.20 bits per heavy atom. The van der Waals surface area contributed by atoms with E-state index in [4.69, 9.17) is 0 Å². The second-order valence-corrected chi connectivity index (χ2v) is 5.25. The number of carbonyl (C=O) groups is 1. The zero-order valence-corrected chi connectivity index (χ0v) is 12.3. The second kappa shape index (κ2) is 6.95. The minimum Gasteiger partial charge on any atom is -0.369 e. The number of aromatic nitrogens is 3. The van der Waals surface area contributed by atoms with Crippen LogP contribution in [-0.2, 0) is 6.42 Å². The van der Waals surface area contributed by atoms with Gasteiger partial charge in [0.2, 0.25) is 0 Å². The number of nitrogens with one attached hydrogen (secondary N) is 2. The first-order chi connectivity index (χ1) is 9.69. The van der Waals surface area contributed by atoms with Crippen molar-refractivity contribution in [3.8, 4) is 0 Å². The Morgan fingerprint density at radius 3 is 2.90 bits per heavy atom. The van der Waals surface area contributed by atoms with Gasteiger partial charge in [0.1, 0.15) is 11.5 Å². The average molecular weight is 291 g/mol. The van der Waals surface area contributed by atoms with Crippen molar-refractivity contribution in [3.63, 3.8) is 0 Å². The number of carbonyl (C=O) groups excluding carboxylic acids is 1. The highest BCUT2D eigenvalue weighted by atomic mass is 32.1. The molecule has 0 fully saturated rings. The Kier molecular flexibility index (Phi) is 5.00. The topological polar surface area (TPSA) is 79.8 Å². The summed E-state index contributed by atoms with van der Waals surface area (Å²) in [7, 11) is 0. The average Bonchev–Trinajstić information content (AvgIpc) is 2.85. The van der Waals surface area contributed by atoms with Gasteiger partial charge >= 0.3 is 0 Å². The van der Waals surface area contributed by atoms with Crippen molar-refractivity contribution < 1.29 is 4.79 Å². The maximum atomic E-state index is 11.9. The Balaban J connectivity index is 1.86. The van der Waals surface area contributed by atoms with Crippen molar-refractivity contribution in [2.24, 2.45) is 0 Å². The first-order valence-electron chi connectivity index (χ1n) is 6.44. The van der Waals surface area contributed by atoms with E-state index < -0.39 is 0 Å². The molecular weight excluding hydrogens is 274 g/mol. The van der Waals surface area contributed by atoms with E-state index >= 15 is 0 Å². The summed E-state index contributed by atoms with van der Waals surface area (Å²) in [5, 5.41) is 8.89. The van der Waals surface area contributed by atoms with E-state index in [1.807, 2.05) is 19.2 Å². The zero-order valence-electron chi connectivity index (χ0n) is 11.5. The number of nitrogens with zero attached hydrogens (tertiary/aromatic N) is 3. The van der Waals surface area contributed by atoms with Crippen LogP contribution in [0.1, 0.15) is 28.1 Å². The molecule has 0 aliphatic carbocycles. The van der Waals surface area contributed by atoms with Crippen molar-refractivity contribution in [2.45, 2.75) is 20.3 Å². The molecule has 7 heteroatoms. The standard InChI is InChI=1S/C13H17N5OS/c1-3-15-12-7-14-6-11(18-12)13(19)16-5-4-10-8-20-9(2)17-10/h6-8H,3-5H2,1-2H3,(H,15,18)(H,16,19). The van der Waals surface area contributed by atoms with E-state index in [2.05, 4.69) is 25.6 Å². The van der Waals surface area contributed by atoms with Gasteiger partial charge in [-0.15, -0.1) is 11.3 Å². The Hall–Kier alpha value is -2.02. The summed E-state index contributed by atoms with van der Waals surface area (Å²) in [5.41, 5.74) is 1.32. The van der Waals surface area contributed by atoms with Gasteiger partial charge in [-0.25, -0.2) is 9.97 Å². The van der Waals surface area contributed by atoms with E-state index in [-0.39, 0.29) is 5.91 Å². The number of anilines is 1. The molecule has 2 aromatic rings. The van der Waals surface area contributed by atoms with Crippen LogP contribution in [0.4, 0.5) is 5.82 Å². The first-order valence-corrected chi connectivity index (χ1v) is 7.32. The second-order valence-electron chi connectivity index (χ2n) is 4.18. The maximum Gasteiger partial charge on any atom is 0.271 e. The number of rotatable bonds is 6. The molecule has 0 saturated carbocycles. The highest BCUT2D eigenvalue weighted by Crippen LogP contribution is 2.08. The molecule has 0 aliphatic rings. The van der Waals surface area contributed by atoms with Crippen LogP contribution in [0.5, 0.6) is 0 Å². The molecule has 0 aliphatic heterocycles. The molecule has 0 unspecified atom stereocenters. The normalized spacial score (nSPS) is 10.3. The summed E-state index contributed by atoms with van der Waals surface area (Å²) in [4.78, 5) is 24.5. The number of hydrogen-bond acceptors (Lipinski definition) is 6. The van der Waals surface area contributed by atoms with Gasteiger partial charge < -0.3 is 10.6 Å². The minimum atomic E-state index is -0.218. The summed E-state index contributed by atoms with van der Waals surface area (Å²) in [6, 6.07) is 0. The summed E-state index contributed by atoms with van der Waals surface area (Å²) >= 11 is 1.61. The van der Waals surface area contributed by atoms with Crippen LogP contribution >= 0.6 is 11.3 Å². The van der Waals surface area contributed by atoms with Crippen LogP contribution in [0.2, 0.25) is 0 Å². The third-order valence-electron chi connectivity index (χ3n) is 2.56. The number of amides is 1. The van der Waals surface area contributed by atoms with Crippen LogP contribution in [0.15, 0.2) is 17.8 Å². The van der Waals surface area contributed by atoms with Gasteiger partial charge in [0.25, 0.3) is 5.91 Å². The van der Waals surface area contributed by atoms with Crippen molar-refractivity contribution in [3.05, 3.63) is 34.2 Å². The summed E-state index contributed by atoms with van der Waals surface area (Å²) in [6.07, 6.45) is 3.78. The molecule has 2 heterocycles. The molecule has 0 atom stereocenters. The highest BCUT2D eigenvalue weighted by Gasteiger charge is 2.08. The minimum absolute atomic E-state index is 0.218. The molecule has 1 amide bonds. The van der Waals surface area contributed by atoms with Gasteiger partial charge in [0.15, 0.2) is 0 Å². The molecule has 2 aromatic heterocycles. The zero-order chi connectivity index (χ0) is 14.4. The van der Waals surface area contributed by atoms with Crippen LogP contribution < -0.4 is 10.6 Å². The number of thiazole rings is 1. The van der Waals surface area contributed by atoms with Crippen LogP contribution in [0, 0.1) is 6.92 Å². The van der Waals surface area contributed by atoms with E-state index in [9.17, 15) is 4.79 Å². The van der Waals surface area contributed by atoms with Crippen molar-refractivity contribution in [1.29, 1.82) is 0 Å². The summed E-state index contributed by atoms with van der Waals surface area (Å²) in [5.74, 6) is 0.388. The molecule has 0 saturated heterocycles. The van der Waals surface area contributed by atoms with Gasteiger partial charge in [0, 0.05) is 24.9 Å². The summed E-state index contributed by atoms with van der Waals surface area (Å²) < 4.78 is 0. The third kappa shape index (κ3) is 3.99. The lowest BCUT2D eigenvalue weighted by Crippen LogP contribution is -2.27. The molecular formula is C13H17N5OS. The molecule has 106 valence electrons. The molecule has 2 N–H and O–H groups in total. The molecule has 0 aromatic carbocycles. The quantitative estimate of drug-likeness (QED) is 0.846. The lowest BCUT2D eigenvalue weighted by atomic mass is 10.3. The van der Waals surface area contributed by atoms with Gasteiger partial charge in [-0.3, -0.25) is 9.78 Å². The predicted octanol–water partition coefficient (Wildman–Crippen LogP) is 1.65. The van der Waals surface area contributed by atoms with Gasteiger partial charge in [-0.1, -0.05) is 0 Å². The first kappa shape index (κ1) is 14.4. The van der Waals surface area contributed by atoms with Gasteiger partial charge in [-0.2, -0.15) is 0 Å². The van der Waals surface area contributed by atoms with Gasteiger partial charge in [-0.05, 0) is 13.8 Å². The lowest BCUT2D eigenvalue weighted by molar-refractivity contribution is 0.0949. The molecule has 0 bridgehead atoms. The van der Waals surface area contributed by atoms with Crippen molar-refractivity contribution in [1.82, 2.24) is 20.3 Å². The Labute approximate surface area is 121 Å². The fourth-order valence-corrected chi connectivity index (χ4v) is 2.31. The van der Waals surface area contributed by atoms with E-state index in [0.29, 0.717) is 18.1 Å². The number of hydrogen-bond donors (Lipinski definition) is 2. The number of aryl methyl sites for hydroxylation is 1. The molecule has 6 nitrogen and oxygen atoms in total. The fourth-order valence-electron chi connectivity index (χ4n) is 1.66. The SMILES string of the molecule is CCNc1cncc(C(=O)NCCc2csc(C)n2)n1. The van der Waals surface area contributed by atoms with Gasteiger partial charge in [0.05, 0.1) is 23.1 Å². The molecule has 2 rings (SSSR count). The fraction of sp³-hybridized carbons (Fsp3) is 0.385.